The molecule has 2 rings (SSSR count). The van der Waals surface area contributed by atoms with Gasteiger partial charge in [-0.05, 0) is 16.7 Å². The van der Waals surface area contributed by atoms with E-state index in [1.165, 1.54) is 0 Å². The molecule has 5 heteroatoms. The smallest absolute Gasteiger partial charge is 0.465 e. The fourth-order valence-corrected chi connectivity index (χ4v) is 2.59. The van der Waals surface area contributed by atoms with Crippen molar-refractivity contribution in [1.82, 2.24) is 0 Å². The molecule has 0 bridgehead atoms. The van der Waals surface area contributed by atoms with Gasteiger partial charge < -0.3 is 4.74 Å². The third-order valence-electron chi connectivity index (χ3n) is 2.35. The molecule has 1 fully saturated rings. The van der Waals surface area contributed by atoms with Crippen LogP contribution in [0.15, 0.2) is 30.3 Å². The number of para-hydroxylation sites is 1. The lowest BCUT2D eigenvalue weighted by Gasteiger charge is -2.12. The molecular weight excluding hydrogens is 227 g/mol. The van der Waals surface area contributed by atoms with Gasteiger partial charge in [-0.1, -0.05) is 18.2 Å². The molecule has 1 aromatic rings. The Bertz CT molecular complexity index is 390. The lowest BCUT2D eigenvalue weighted by atomic mass is 10.2. The monoisotopic (exact) mass is 239 g/mol. The second-order valence-electron chi connectivity index (χ2n) is 3.56. The molecule has 1 aliphatic heterocycles. The predicted octanol–water partition coefficient (Wildman–Crippen LogP) is 2.51. The molecule has 84 valence electrons. The topological polar surface area (TPSA) is 52.6 Å². The Morgan fingerprint density at radius 2 is 2.06 bits per heavy atom. The molecule has 16 heavy (non-hydrogen) atoms. The third-order valence-corrected chi connectivity index (χ3v) is 3.78. The molecule has 1 heterocycles. The highest BCUT2D eigenvalue weighted by atomic mass is 31.1. The third kappa shape index (κ3) is 2.80. The predicted molar refractivity (Wildman–Crippen MR) is 58.7 cm³/mol. The van der Waals surface area contributed by atoms with Crippen LogP contribution in [0.25, 0.3) is 0 Å². The highest BCUT2D eigenvalue weighted by Gasteiger charge is 2.39. The molecule has 0 saturated carbocycles. The van der Waals surface area contributed by atoms with Gasteiger partial charge in [-0.25, -0.2) is 0 Å². The molecule has 0 aliphatic carbocycles. The number of carbonyl (C=O) groups is 1. The van der Waals surface area contributed by atoms with Crippen molar-refractivity contribution in [2.24, 2.45) is 0 Å². The van der Waals surface area contributed by atoms with Crippen molar-refractivity contribution < 1.29 is 18.6 Å². The minimum Gasteiger partial charge on any atom is -0.465 e. The Morgan fingerprint density at radius 3 is 2.75 bits per heavy atom. The van der Waals surface area contributed by atoms with E-state index < -0.39 is 8.03 Å². The van der Waals surface area contributed by atoms with Gasteiger partial charge in [0, 0.05) is 6.42 Å². The fraction of sp³-hybridized carbons (Fsp3) is 0.364. The molecule has 0 amide bonds. The highest BCUT2D eigenvalue weighted by Crippen LogP contribution is 2.37. The minimum atomic E-state index is -1.85. The quantitative estimate of drug-likeness (QED) is 0.600. The highest BCUT2D eigenvalue weighted by molar-refractivity contribution is 7.40. The number of rotatable bonds is 3. The van der Waals surface area contributed by atoms with E-state index in [1.54, 1.807) is 12.1 Å². The SMILES string of the molecule is O=C1CC([P+](=O)Oc2ccccc2)CCO1. The Hall–Kier alpha value is -1.41. The maximum absolute atomic E-state index is 11.8. The van der Waals surface area contributed by atoms with Crippen molar-refractivity contribution in [3.8, 4) is 5.75 Å². The zero-order valence-corrected chi connectivity index (χ0v) is 9.56. The molecule has 1 aromatic carbocycles. The summed E-state index contributed by atoms with van der Waals surface area (Å²) in [6.45, 7) is 0.336. The number of hydrogen-bond donors (Lipinski definition) is 0. The van der Waals surface area contributed by atoms with Crippen LogP contribution in [0.2, 0.25) is 0 Å². The summed E-state index contributed by atoms with van der Waals surface area (Å²) in [5, 5.41) is 0. The summed E-state index contributed by atoms with van der Waals surface area (Å²) in [5.41, 5.74) is -0.226. The maximum Gasteiger partial charge on any atom is 0.560 e. The zero-order chi connectivity index (χ0) is 11.4. The van der Waals surface area contributed by atoms with Crippen LogP contribution >= 0.6 is 8.03 Å². The summed E-state index contributed by atoms with van der Waals surface area (Å²) >= 11 is 0. The van der Waals surface area contributed by atoms with Gasteiger partial charge in [-0.2, -0.15) is 0 Å². The van der Waals surface area contributed by atoms with E-state index in [0.29, 0.717) is 18.8 Å². The summed E-state index contributed by atoms with van der Waals surface area (Å²) < 4.78 is 21.9. The number of benzene rings is 1. The first-order valence-corrected chi connectivity index (χ1v) is 6.35. The van der Waals surface area contributed by atoms with E-state index in [1.807, 2.05) is 18.2 Å². The van der Waals surface area contributed by atoms with Crippen molar-refractivity contribution >= 4 is 14.0 Å². The van der Waals surface area contributed by atoms with E-state index in [0.717, 1.165) is 0 Å². The van der Waals surface area contributed by atoms with Crippen LogP contribution in [0.4, 0.5) is 0 Å². The van der Waals surface area contributed by atoms with E-state index >= 15 is 0 Å². The second-order valence-corrected chi connectivity index (χ2v) is 5.04. The van der Waals surface area contributed by atoms with Crippen LogP contribution in [-0.2, 0) is 14.1 Å². The Balaban J connectivity index is 1.95. The molecule has 1 aliphatic rings. The second kappa shape index (κ2) is 5.08. The van der Waals surface area contributed by atoms with Crippen LogP contribution in [0.3, 0.4) is 0 Å². The Kier molecular flexibility index (Phi) is 3.52. The van der Waals surface area contributed by atoms with Gasteiger partial charge >= 0.3 is 14.0 Å². The summed E-state index contributed by atoms with van der Waals surface area (Å²) in [7, 11) is -1.85. The summed E-state index contributed by atoms with van der Waals surface area (Å²) in [6, 6.07) is 8.97. The Morgan fingerprint density at radius 1 is 1.31 bits per heavy atom. The number of carbonyl (C=O) groups excluding carboxylic acids is 1. The molecule has 2 atom stereocenters. The van der Waals surface area contributed by atoms with Crippen molar-refractivity contribution in [1.29, 1.82) is 0 Å². The maximum atomic E-state index is 11.8. The molecule has 0 spiro atoms. The molecule has 1 saturated heterocycles. The van der Waals surface area contributed by atoms with Crippen molar-refractivity contribution in [3.63, 3.8) is 0 Å². The molecule has 4 nitrogen and oxygen atoms in total. The van der Waals surface area contributed by atoms with Gasteiger partial charge in [-0.15, -0.1) is 0 Å². The summed E-state index contributed by atoms with van der Waals surface area (Å²) in [6.07, 6.45) is 0.788. The first-order chi connectivity index (χ1) is 7.75. The number of esters is 1. The van der Waals surface area contributed by atoms with Crippen LogP contribution < -0.4 is 4.52 Å². The van der Waals surface area contributed by atoms with Gasteiger partial charge in [0.2, 0.25) is 5.66 Å². The van der Waals surface area contributed by atoms with Crippen molar-refractivity contribution in [2.75, 3.05) is 6.61 Å². The van der Waals surface area contributed by atoms with Crippen molar-refractivity contribution in [2.45, 2.75) is 18.5 Å². The molecular formula is C11H12O4P+. The van der Waals surface area contributed by atoms with E-state index in [-0.39, 0.29) is 18.0 Å². The Labute approximate surface area is 94.4 Å². The zero-order valence-electron chi connectivity index (χ0n) is 8.67. The average Bonchev–Trinajstić information content (AvgIpc) is 2.30. The average molecular weight is 239 g/mol. The van der Waals surface area contributed by atoms with Crippen LogP contribution in [0, 0.1) is 0 Å². The van der Waals surface area contributed by atoms with Crippen LogP contribution in [-0.4, -0.2) is 18.2 Å². The van der Waals surface area contributed by atoms with Gasteiger partial charge in [0.15, 0.2) is 5.75 Å². The van der Waals surface area contributed by atoms with Gasteiger partial charge in [0.25, 0.3) is 0 Å². The number of hydrogen-bond acceptors (Lipinski definition) is 4. The standard InChI is InChI=1S/C11H12O4P/c12-11-8-10(6-7-14-11)16(13)15-9-4-2-1-3-5-9/h1-5,10H,6-8H2/q+1. The van der Waals surface area contributed by atoms with E-state index in [2.05, 4.69) is 0 Å². The largest absolute Gasteiger partial charge is 0.560 e. The normalized spacial score (nSPS) is 21.1. The summed E-state index contributed by atoms with van der Waals surface area (Å²) in [5.74, 6) is 0.277. The van der Waals surface area contributed by atoms with Crippen molar-refractivity contribution in [3.05, 3.63) is 30.3 Å². The summed E-state index contributed by atoms with van der Waals surface area (Å²) in [4.78, 5) is 11.0. The molecule has 0 radical (unpaired) electrons. The molecule has 0 N–H and O–H groups in total. The van der Waals surface area contributed by atoms with Gasteiger partial charge in [0.1, 0.15) is 0 Å². The lowest BCUT2D eigenvalue weighted by Crippen LogP contribution is -2.23. The van der Waals surface area contributed by atoms with Gasteiger partial charge in [-0.3, -0.25) is 9.32 Å². The van der Waals surface area contributed by atoms with E-state index in [9.17, 15) is 9.36 Å². The fourth-order valence-electron chi connectivity index (χ4n) is 1.50. The molecule has 0 aromatic heterocycles. The van der Waals surface area contributed by atoms with Gasteiger partial charge in [0.05, 0.1) is 13.0 Å². The van der Waals surface area contributed by atoms with Crippen LogP contribution in [0.5, 0.6) is 5.75 Å². The number of ether oxygens (including phenoxy) is 1. The lowest BCUT2D eigenvalue weighted by molar-refractivity contribution is -0.146. The number of cyclic esters (lactones) is 1. The first kappa shape index (κ1) is 11.1. The first-order valence-electron chi connectivity index (χ1n) is 5.11. The van der Waals surface area contributed by atoms with E-state index in [4.69, 9.17) is 9.26 Å². The van der Waals surface area contributed by atoms with Crippen LogP contribution in [0.1, 0.15) is 12.8 Å². The minimum absolute atomic E-state index is 0.183. The molecule has 2 unspecified atom stereocenters.